The lowest BCUT2D eigenvalue weighted by Crippen LogP contribution is -2.46. The maximum Gasteiger partial charge on any atom is 0.337 e. The van der Waals surface area contributed by atoms with Crippen molar-refractivity contribution in [1.82, 2.24) is 9.97 Å². The van der Waals surface area contributed by atoms with Crippen LogP contribution in [0.5, 0.6) is 0 Å². The highest BCUT2D eigenvalue weighted by atomic mass is 35.5. The zero-order chi connectivity index (χ0) is 18.1. The SMILES string of the molecule is O=C(O)c1ccc(N2CCN(c3ccc(Cl)cc3)CC2)c2cncnc12. The number of rotatable bonds is 3. The monoisotopic (exact) mass is 368 g/mol. The van der Waals surface area contributed by atoms with Crippen LogP contribution < -0.4 is 9.80 Å². The molecule has 0 unspecified atom stereocenters. The summed E-state index contributed by atoms with van der Waals surface area (Å²) >= 11 is 5.96. The molecule has 1 aliphatic heterocycles. The van der Waals surface area contributed by atoms with E-state index in [-0.39, 0.29) is 5.56 Å². The molecular weight excluding hydrogens is 352 g/mol. The van der Waals surface area contributed by atoms with Crippen molar-refractivity contribution in [2.45, 2.75) is 0 Å². The van der Waals surface area contributed by atoms with Crippen LogP contribution in [-0.2, 0) is 0 Å². The van der Waals surface area contributed by atoms with Crippen molar-refractivity contribution >= 4 is 39.8 Å². The number of piperazine rings is 1. The number of halogens is 1. The number of aromatic nitrogens is 2. The second-order valence-corrected chi connectivity index (χ2v) is 6.61. The van der Waals surface area contributed by atoms with Gasteiger partial charge in [0.2, 0.25) is 0 Å². The van der Waals surface area contributed by atoms with Gasteiger partial charge in [-0.05, 0) is 36.4 Å². The maximum atomic E-state index is 11.4. The summed E-state index contributed by atoms with van der Waals surface area (Å²) in [6.45, 7) is 3.41. The zero-order valence-corrected chi connectivity index (χ0v) is 14.7. The number of carbonyl (C=O) groups is 1. The standard InChI is InChI=1S/C19H17ClN4O2/c20-13-1-3-14(4-2-13)23-7-9-24(10-8-23)17-6-5-15(19(25)26)18-16(17)11-21-12-22-18/h1-6,11-12H,7-10H2,(H,25,26). The Labute approximate surface area is 155 Å². The van der Waals surface area contributed by atoms with Gasteiger partial charge in [0, 0.05) is 54.2 Å². The highest BCUT2D eigenvalue weighted by Gasteiger charge is 2.21. The van der Waals surface area contributed by atoms with Crippen LogP contribution in [0.25, 0.3) is 10.9 Å². The minimum absolute atomic E-state index is 0.200. The number of benzene rings is 2. The van der Waals surface area contributed by atoms with Gasteiger partial charge in [0.05, 0.1) is 11.1 Å². The highest BCUT2D eigenvalue weighted by molar-refractivity contribution is 6.30. The number of fused-ring (bicyclic) bond motifs is 1. The van der Waals surface area contributed by atoms with Gasteiger partial charge in [0.25, 0.3) is 0 Å². The predicted molar refractivity (Wildman–Crippen MR) is 102 cm³/mol. The average molecular weight is 369 g/mol. The molecule has 0 saturated carbocycles. The van der Waals surface area contributed by atoms with E-state index in [1.165, 1.54) is 6.33 Å². The minimum Gasteiger partial charge on any atom is -0.478 e. The maximum absolute atomic E-state index is 11.4. The minimum atomic E-state index is -0.979. The van der Waals surface area contributed by atoms with Crippen LogP contribution in [0.4, 0.5) is 11.4 Å². The summed E-state index contributed by atoms with van der Waals surface area (Å²) in [7, 11) is 0. The zero-order valence-electron chi connectivity index (χ0n) is 14.0. The number of nitrogens with zero attached hydrogens (tertiary/aromatic N) is 4. The summed E-state index contributed by atoms with van der Waals surface area (Å²) in [5.41, 5.74) is 2.81. The molecule has 0 spiro atoms. The number of hydrogen-bond acceptors (Lipinski definition) is 5. The summed E-state index contributed by atoms with van der Waals surface area (Å²) in [6.07, 6.45) is 3.08. The van der Waals surface area contributed by atoms with Crippen molar-refractivity contribution in [3.8, 4) is 0 Å². The van der Waals surface area contributed by atoms with Gasteiger partial charge in [-0.15, -0.1) is 0 Å². The fourth-order valence-electron chi connectivity index (χ4n) is 3.37. The summed E-state index contributed by atoms with van der Waals surface area (Å²) in [5.74, 6) is -0.979. The molecule has 1 N–H and O–H groups in total. The Morgan fingerprint density at radius 3 is 2.38 bits per heavy atom. The van der Waals surface area contributed by atoms with Crippen LogP contribution in [0, 0.1) is 0 Å². The highest BCUT2D eigenvalue weighted by Crippen LogP contribution is 2.29. The molecule has 2 heterocycles. The molecule has 26 heavy (non-hydrogen) atoms. The number of carboxylic acid groups (broad SMARTS) is 1. The molecule has 132 valence electrons. The predicted octanol–water partition coefficient (Wildman–Crippen LogP) is 3.31. The van der Waals surface area contributed by atoms with E-state index in [2.05, 4.69) is 19.8 Å². The molecule has 0 bridgehead atoms. The first-order valence-corrected chi connectivity index (χ1v) is 8.73. The van der Waals surface area contributed by atoms with Gasteiger partial charge < -0.3 is 14.9 Å². The molecule has 1 aromatic heterocycles. The van der Waals surface area contributed by atoms with Crippen LogP contribution in [0.2, 0.25) is 5.02 Å². The second-order valence-electron chi connectivity index (χ2n) is 6.17. The molecule has 4 rings (SSSR count). The van der Waals surface area contributed by atoms with Gasteiger partial charge >= 0.3 is 5.97 Å². The second kappa shape index (κ2) is 6.80. The van der Waals surface area contributed by atoms with Crippen LogP contribution in [0.15, 0.2) is 48.9 Å². The number of aromatic carboxylic acids is 1. The molecule has 1 aliphatic rings. The Bertz CT molecular complexity index is 953. The molecule has 0 aliphatic carbocycles. The van der Waals surface area contributed by atoms with Crippen molar-refractivity contribution in [3.63, 3.8) is 0 Å². The first kappa shape index (κ1) is 16.6. The van der Waals surface area contributed by atoms with Crippen LogP contribution in [0.3, 0.4) is 0 Å². The Hall–Kier alpha value is -2.86. The molecule has 3 aromatic rings. The molecule has 1 fully saturated rings. The molecular formula is C19H17ClN4O2. The van der Waals surface area contributed by atoms with E-state index in [0.29, 0.717) is 5.52 Å². The van der Waals surface area contributed by atoms with Crippen molar-refractivity contribution < 1.29 is 9.90 Å². The van der Waals surface area contributed by atoms with Crippen molar-refractivity contribution in [2.75, 3.05) is 36.0 Å². The Morgan fingerprint density at radius 1 is 1.00 bits per heavy atom. The first-order valence-electron chi connectivity index (χ1n) is 8.35. The molecule has 0 atom stereocenters. The lowest BCUT2D eigenvalue weighted by molar-refractivity contribution is 0.0699. The van der Waals surface area contributed by atoms with Gasteiger partial charge in [-0.2, -0.15) is 0 Å². The third-order valence-electron chi connectivity index (χ3n) is 4.69. The first-order chi connectivity index (χ1) is 12.6. The van der Waals surface area contributed by atoms with Crippen LogP contribution in [-0.4, -0.2) is 47.2 Å². The molecule has 6 nitrogen and oxygen atoms in total. The van der Waals surface area contributed by atoms with Gasteiger partial charge in [0.1, 0.15) is 6.33 Å². The largest absolute Gasteiger partial charge is 0.478 e. The van der Waals surface area contributed by atoms with Crippen LogP contribution >= 0.6 is 11.6 Å². The summed E-state index contributed by atoms with van der Waals surface area (Å²) in [6, 6.07) is 11.3. The lowest BCUT2D eigenvalue weighted by atomic mass is 10.1. The third-order valence-corrected chi connectivity index (χ3v) is 4.95. The fourth-order valence-corrected chi connectivity index (χ4v) is 3.49. The number of carboxylic acids is 1. The van der Waals surface area contributed by atoms with E-state index in [1.54, 1.807) is 12.3 Å². The van der Waals surface area contributed by atoms with Crippen molar-refractivity contribution in [3.05, 3.63) is 59.5 Å². The van der Waals surface area contributed by atoms with E-state index >= 15 is 0 Å². The molecule has 0 amide bonds. The van der Waals surface area contributed by atoms with E-state index in [0.717, 1.165) is 48.0 Å². The average Bonchev–Trinajstić information content (AvgIpc) is 2.68. The molecule has 2 aromatic carbocycles. The molecule has 1 saturated heterocycles. The summed E-state index contributed by atoms with van der Waals surface area (Å²) in [5, 5.41) is 10.9. The quantitative estimate of drug-likeness (QED) is 0.764. The van der Waals surface area contributed by atoms with E-state index < -0.39 is 5.97 Å². The normalized spacial score (nSPS) is 14.7. The molecule has 0 radical (unpaired) electrons. The number of hydrogen-bond donors (Lipinski definition) is 1. The van der Waals surface area contributed by atoms with E-state index in [4.69, 9.17) is 11.6 Å². The Morgan fingerprint density at radius 2 is 1.69 bits per heavy atom. The van der Waals surface area contributed by atoms with Gasteiger partial charge in [0.15, 0.2) is 0 Å². The van der Waals surface area contributed by atoms with Crippen molar-refractivity contribution in [1.29, 1.82) is 0 Å². The van der Waals surface area contributed by atoms with E-state index in [1.807, 2.05) is 30.3 Å². The van der Waals surface area contributed by atoms with Crippen molar-refractivity contribution in [2.24, 2.45) is 0 Å². The smallest absolute Gasteiger partial charge is 0.337 e. The fraction of sp³-hybridized carbons (Fsp3) is 0.211. The Kier molecular flexibility index (Phi) is 4.34. The number of anilines is 2. The van der Waals surface area contributed by atoms with Gasteiger partial charge in [-0.3, -0.25) is 0 Å². The Balaban J connectivity index is 1.59. The van der Waals surface area contributed by atoms with Gasteiger partial charge in [-0.25, -0.2) is 14.8 Å². The summed E-state index contributed by atoms with van der Waals surface area (Å²) in [4.78, 5) is 24.3. The van der Waals surface area contributed by atoms with Crippen LogP contribution in [0.1, 0.15) is 10.4 Å². The van der Waals surface area contributed by atoms with E-state index in [9.17, 15) is 9.90 Å². The lowest BCUT2D eigenvalue weighted by Gasteiger charge is -2.37. The third kappa shape index (κ3) is 3.04. The topological polar surface area (TPSA) is 69.6 Å². The summed E-state index contributed by atoms with van der Waals surface area (Å²) < 4.78 is 0. The molecule has 7 heteroatoms. The van der Waals surface area contributed by atoms with Gasteiger partial charge in [-0.1, -0.05) is 11.6 Å².